The van der Waals surface area contributed by atoms with E-state index in [1.54, 1.807) is 12.4 Å². The third kappa shape index (κ3) is 1.90. The van der Waals surface area contributed by atoms with E-state index in [2.05, 4.69) is 16.9 Å². The number of nitrogen functional groups attached to an aromatic ring is 1. The maximum Gasteiger partial charge on any atom is 0.155 e. The number of anilines is 3. The van der Waals surface area contributed by atoms with Crippen LogP contribution in [0, 0.1) is 0 Å². The van der Waals surface area contributed by atoms with Crippen molar-refractivity contribution in [3.8, 4) is 0 Å². The van der Waals surface area contributed by atoms with Gasteiger partial charge in [0, 0.05) is 20.3 Å². The highest BCUT2D eigenvalue weighted by molar-refractivity contribution is 5.78. The Hall–Kier alpha value is -1.71. The summed E-state index contributed by atoms with van der Waals surface area (Å²) in [6, 6.07) is 1.86. The molecule has 0 aliphatic heterocycles. The first-order valence-electron chi connectivity index (χ1n) is 3.96. The highest BCUT2D eigenvalue weighted by Crippen LogP contribution is 2.26. The van der Waals surface area contributed by atoms with Crippen LogP contribution in [0.4, 0.5) is 17.2 Å². The van der Waals surface area contributed by atoms with Gasteiger partial charge in [0.15, 0.2) is 5.82 Å². The Morgan fingerprint density at radius 1 is 1.62 bits per heavy atom. The van der Waals surface area contributed by atoms with E-state index in [0.29, 0.717) is 11.5 Å². The number of pyridine rings is 1. The van der Waals surface area contributed by atoms with Crippen LogP contribution in [-0.4, -0.2) is 19.1 Å². The van der Waals surface area contributed by atoms with Crippen LogP contribution in [0.3, 0.4) is 0 Å². The fourth-order valence-electron chi connectivity index (χ4n) is 1.06. The molecule has 0 fully saturated rings. The number of hydrogen-bond acceptors (Lipinski definition) is 4. The summed E-state index contributed by atoms with van der Waals surface area (Å²) in [5.41, 5.74) is 7.43. The molecule has 4 nitrogen and oxygen atoms in total. The maximum absolute atomic E-state index is 5.86. The lowest BCUT2D eigenvalue weighted by Gasteiger charge is -2.16. The Labute approximate surface area is 78.1 Å². The van der Waals surface area contributed by atoms with Crippen LogP contribution in [0.1, 0.15) is 0 Å². The van der Waals surface area contributed by atoms with Crippen LogP contribution in [0.25, 0.3) is 0 Å². The van der Waals surface area contributed by atoms with Gasteiger partial charge in [-0.05, 0) is 12.3 Å². The molecule has 0 bridgehead atoms. The minimum atomic E-state index is 0.632. The number of hydrogen-bond donors (Lipinski definition) is 2. The van der Waals surface area contributed by atoms with Crippen molar-refractivity contribution in [2.45, 2.75) is 0 Å². The third-order valence-electron chi connectivity index (χ3n) is 1.69. The first kappa shape index (κ1) is 9.38. The number of nitrogens with one attached hydrogen (secondary N) is 1. The SMILES string of the molecule is C=CNc1nccc(N(C)C)c1N. The average Bonchev–Trinajstić information content (AvgIpc) is 2.08. The fourth-order valence-corrected chi connectivity index (χ4v) is 1.06. The summed E-state index contributed by atoms with van der Waals surface area (Å²) < 4.78 is 0. The molecule has 0 saturated carbocycles. The Kier molecular flexibility index (Phi) is 2.74. The molecule has 1 rings (SSSR count). The van der Waals surface area contributed by atoms with Gasteiger partial charge in [0.05, 0.1) is 11.4 Å². The minimum Gasteiger partial charge on any atom is -0.394 e. The van der Waals surface area contributed by atoms with E-state index in [0.717, 1.165) is 5.69 Å². The van der Waals surface area contributed by atoms with Crippen LogP contribution >= 0.6 is 0 Å². The fraction of sp³-hybridized carbons (Fsp3) is 0.222. The molecular formula is C9H14N4. The van der Waals surface area contributed by atoms with E-state index in [-0.39, 0.29) is 0 Å². The normalized spacial score (nSPS) is 9.38. The zero-order valence-corrected chi connectivity index (χ0v) is 7.91. The second-order valence-corrected chi connectivity index (χ2v) is 2.84. The Balaban J connectivity index is 3.10. The molecule has 0 atom stereocenters. The molecule has 0 aliphatic carbocycles. The van der Waals surface area contributed by atoms with E-state index in [4.69, 9.17) is 5.73 Å². The number of nitrogens with zero attached hydrogens (tertiary/aromatic N) is 2. The summed E-state index contributed by atoms with van der Waals surface area (Å²) in [4.78, 5) is 6.01. The predicted octanol–water partition coefficient (Wildman–Crippen LogP) is 1.29. The maximum atomic E-state index is 5.86. The van der Waals surface area contributed by atoms with Gasteiger partial charge >= 0.3 is 0 Å². The van der Waals surface area contributed by atoms with Crippen molar-refractivity contribution in [3.63, 3.8) is 0 Å². The van der Waals surface area contributed by atoms with Crippen molar-refractivity contribution in [1.29, 1.82) is 0 Å². The lowest BCUT2D eigenvalue weighted by atomic mass is 10.3. The monoisotopic (exact) mass is 178 g/mol. The summed E-state index contributed by atoms with van der Waals surface area (Å²) in [5.74, 6) is 0.640. The van der Waals surface area contributed by atoms with Gasteiger partial charge in [-0.3, -0.25) is 0 Å². The summed E-state index contributed by atoms with van der Waals surface area (Å²) in [5, 5.41) is 2.87. The van der Waals surface area contributed by atoms with Crippen LogP contribution in [0.15, 0.2) is 25.0 Å². The van der Waals surface area contributed by atoms with Gasteiger partial charge in [-0.15, -0.1) is 0 Å². The lowest BCUT2D eigenvalue weighted by Crippen LogP contribution is -2.12. The molecule has 0 aromatic carbocycles. The third-order valence-corrected chi connectivity index (χ3v) is 1.69. The Bertz CT molecular complexity index is 306. The summed E-state index contributed by atoms with van der Waals surface area (Å²) in [6.07, 6.45) is 3.26. The smallest absolute Gasteiger partial charge is 0.155 e. The molecule has 0 unspecified atom stereocenters. The first-order valence-corrected chi connectivity index (χ1v) is 3.96. The molecule has 1 aromatic rings. The molecule has 0 spiro atoms. The summed E-state index contributed by atoms with van der Waals surface area (Å²) in [7, 11) is 3.87. The second-order valence-electron chi connectivity index (χ2n) is 2.84. The van der Waals surface area contributed by atoms with Gasteiger partial charge in [0.2, 0.25) is 0 Å². The second kappa shape index (κ2) is 3.80. The van der Waals surface area contributed by atoms with Crippen molar-refractivity contribution in [1.82, 2.24) is 4.98 Å². The van der Waals surface area contributed by atoms with E-state index >= 15 is 0 Å². The molecule has 0 radical (unpaired) electrons. The van der Waals surface area contributed by atoms with E-state index in [1.165, 1.54) is 0 Å². The zero-order valence-electron chi connectivity index (χ0n) is 7.91. The van der Waals surface area contributed by atoms with Crippen LogP contribution in [0.5, 0.6) is 0 Å². The highest BCUT2D eigenvalue weighted by Gasteiger charge is 2.05. The molecule has 0 amide bonds. The molecule has 4 heteroatoms. The number of nitrogens with two attached hydrogens (primary N) is 1. The van der Waals surface area contributed by atoms with Crippen molar-refractivity contribution in [2.75, 3.05) is 30.0 Å². The van der Waals surface area contributed by atoms with E-state index in [1.807, 2.05) is 25.1 Å². The standard InChI is InChI=1S/C9H14N4/c1-4-11-9-8(10)7(13(2)3)5-6-12-9/h4-6H,1,10H2,2-3H3,(H,11,12). The molecule has 0 aliphatic rings. The van der Waals surface area contributed by atoms with Crippen molar-refractivity contribution in [3.05, 3.63) is 25.0 Å². The largest absolute Gasteiger partial charge is 0.394 e. The molecule has 13 heavy (non-hydrogen) atoms. The summed E-state index contributed by atoms with van der Waals surface area (Å²) in [6.45, 7) is 3.55. The molecule has 3 N–H and O–H groups in total. The lowest BCUT2D eigenvalue weighted by molar-refractivity contribution is 1.12. The van der Waals surface area contributed by atoms with Crippen LogP contribution in [-0.2, 0) is 0 Å². The molecule has 1 aromatic heterocycles. The van der Waals surface area contributed by atoms with E-state index in [9.17, 15) is 0 Å². The predicted molar refractivity (Wildman–Crippen MR) is 56.8 cm³/mol. The Morgan fingerprint density at radius 2 is 2.31 bits per heavy atom. The molecular weight excluding hydrogens is 164 g/mol. The topological polar surface area (TPSA) is 54.2 Å². The quantitative estimate of drug-likeness (QED) is 0.732. The van der Waals surface area contributed by atoms with Gasteiger partial charge in [-0.2, -0.15) is 0 Å². The number of rotatable bonds is 3. The summed E-state index contributed by atoms with van der Waals surface area (Å²) >= 11 is 0. The molecule has 1 heterocycles. The van der Waals surface area contributed by atoms with Gasteiger partial charge in [0.25, 0.3) is 0 Å². The zero-order chi connectivity index (χ0) is 9.84. The van der Waals surface area contributed by atoms with Gasteiger partial charge in [0.1, 0.15) is 0 Å². The van der Waals surface area contributed by atoms with E-state index < -0.39 is 0 Å². The van der Waals surface area contributed by atoms with Gasteiger partial charge in [-0.1, -0.05) is 6.58 Å². The average molecular weight is 178 g/mol. The Morgan fingerprint density at radius 3 is 2.85 bits per heavy atom. The van der Waals surface area contributed by atoms with Gasteiger partial charge in [-0.25, -0.2) is 4.98 Å². The number of aromatic nitrogens is 1. The van der Waals surface area contributed by atoms with Crippen molar-refractivity contribution < 1.29 is 0 Å². The molecule has 0 saturated heterocycles. The minimum absolute atomic E-state index is 0.632. The van der Waals surface area contributed by atoms with Crippen LogP contribution < -0.4 is 16.0 Å². The molecule has 70 valence electrons. The highest BCUT2D eigenvalue weighted by atomic mass is 15.1. The first-order chi connectivity index (χ1) is 6.16. The van der Waals surface area contributed by atoms with Crippen LogP contribution in [0.2, 0.25) is 0 Å². The van der Waals surface area contributed by atoms with Crippen molar-refractivity contribution >= 4 is 17.2 Å². The van der Waals surface area contributed by atoms with Gasteiger partial charge < -0.3 is 16.0 Å². The van der Waals surface area contributed by atoms with Crippen molar-refractivity contribution in [2.24, 2.45) is 0 Å².